The average Bonchev–Trinajstić information content (AvgIpc) is 2.46. The lowest BCUT2D eigenvalue weighted by atomic mass is 9.96. The summed E-state index contributed by atoms with van der Waals surface area (Å²) in [6, 6.07) is 4.85. The SMILES string of the molecule is CNC(=O)C1CCCN(C(=O)c2ccc(N)cc2Cl)C1.Cl. The van der Waals surface area contributed by atoms with Gasteiger partial charge in [-0.2, -0.15) is 0 Å². The Kier molecular flexibility index (Phi) is 6.30. The van der Waals surface area contributed by atoms with E-state index < -0.39 is 0 Å². The van der Waals surface area contributed by atoms with Crippen molar-refractivity contribution in [2.24, 2.45) is 5.92 Å². The molecule has 0 aliphatic carbocycles. The molecule has 1 fully saturated rings. The van der Waals surface area contributed by atoms with Gasteiger partial charge in [0.2, 0.25) is 5.91 Å². The lowest BCUT2D eigenvalue weighted by molar-refractivity contribution is -0.125. The molecule has 1 aliphatic heterocycles. The molecule has 1 aromatic carbocycles. The smallest absolute Gasteiger partial charge is 0.255 e. The van der Waals surface area contributed by atoms with Gasteiger partial charge in [0.25, 0.3) is 5.91 Å². The van der Waals surface area contributed by atoms with E-state index in [0.717, 1.165) is 12.8 Å². The standard InChI is InChI=1S/C14H18ClN3O2.ClH/c1-17-13(19)9-3-2-6-18(8-9)14(20)11-5-4-10(16)7-12(11)15;/h4-5,7,9H,2-3,6,8,16H2,1H3,(H,17,19);1H. The minimum absolute atomic E-state index is 0. The molecule has 0 saturated carbocycles. The molecule has 0 bridgehead atoms. The molecule has 21 heavy (non-hydrogen) atoms. The molecule has 2 amide bonds. The lowest BCUT2D eigenvalue weighted by Gasteiger charge is -2.32. The number of halogens is 2. The van der Waals surface area contributed by atoms with Gasteiger partial charge in [0.05, 0.1) is 16.5 Å². The molecule has 1 heterocycles. The second-order valence-electron chi connectivity index (χ2n) is 4.94. The van der Waals surface area contributed by atoms with Gasteiger partial charge in [-0.1, -0.05) is 11.6 Å². The molecule has 0 radical (unpaired) electrons. The van der Waals surface area contributed by atoms with Crippen LogP contribution >= 0.6 is 24.0 Å². The monoisotopic (exact) mass is 331 g/mol. The fraction of sp³-hybridized carbons (Fsp3) is 0.429. The van der Waals surface area contributed by atoms with Gasteiger partial charge in [-0.3, -0.25) is 9.59 Å². The topological polar surface area (TPSA) is 75.4 Å². The second kappa shape index (κ2) is 7.52. The van der Waals surface area contributed by atoms with Crippen LogP contribution in [0.15, 0.2) is 18.2 Å². The Morgan fingerprint density at radius 2 is 2.14 bits per heavy atom. The summed E-state index contributed by atoms with van der Waals surface area (Å²) in [5, 5.41) is 2.98. The van der Waals surface area contributed by atoms with Crippen LogP contribution in [0.5, 0.6) is 0 Å². The zero-order valence-corrected chi connectivity index (χ0v) is 13.3. The van der Waals surface area contributed by atoms with Crippen LogP contribution in [0.1, 0.15) is 23.2 Å². The number of anilines is 1. The molecular weight excluding hydrogens is 313 g/mol. The molecule has 1 atom stereocenters. The van der Waals surface area contributed by atoms with Gasteiger partial charge < -0.3 is 16.0 Å². The Morgan fingerprint density at radius 1 is 1.43 bits per heavy atom. The molecule has 1 unspecified atom stereocenters. The first-order valence-electron chi connectivity index (χ1n) is 6.59. The Morgan fingerprint density at radius 3 is 2.76 bits per heavy atom. The Hall–Kier alpha value is -1.46. The van der Waals surface area contributed by atoms with Gasteiger partial charge in [0.1, 0.15) is 0 Å². The van der Waals surface area contributed by atoms with Gasteiger partial charge in [0, 0.05) is 25.8 Å². The second-order valence-corrected chi connectivity index (χ2v) is 5.35. The number of carbonyl (C=O) groups is 2. The number of hydrogen-bond donors (Lipinski definition) is 2. The number of rotatable bonds is 2. The molecule has 3 N–H and O–H groups in total. The molecule has 7 heteroatoms. The molecular formula is C14H19Cl2N3O2. The van der Waals surface area contributed by atoms with Gasteiger partial charge in [-0.15, -0.1) is 12.4 Å². The van der Waals surface area contributed by atoms with E-state index in [-0.39, 0.29) is 30.1 Å². The first-order chi connectivity index (χ1) is 9.52. The summed E-state index contributed by atoms with van der Waals surface area (Å²) in [6.07, 6.45) is 1.62. The highest BCUT2D eigenvalue weighted by Crippen LogP contribution is 2.24. The molecule has 2 rings (SSSR count). The normalized spacial score (nSPS) is 17.8. The van der Waals surface area contributed by atoms with E-state index in [1.165, 1.54) is 0 Å². The number of nitrogens with one attached hydrogen (secondary N) is 1. The van der Waals surface area contributed by atoms with Gasteiger partial charge in [-0.05, 0) is 31.0 Å². The fourth-order valence-corrected chi connectivity index (χ4v) is 2.72. The van der Waals surface area contributed by atoms with Crippen LogP contribution in [0.2, 0.25) is 5.02 Å². The number of nitrogen functional groups attached to an aromatic ring is 1. The first-order valence-corrected chi connectivity index (χ1v) is 6.96. The predicted molar refractivity (Wildman–Crippen MR) is 85.8 cm³/mol. The Balaban J connectivity index is 0.00000220. The highest BCUT2D eigenvalue weighted by atomic mass is 35.5. The van der Waals surface area contributed by atoms with Crippen molar-refractivity contribution in [2.45, 2.75) is 12.8 Å². The van der Waals surface area contributed by atoms with Gasteiger partial charge in [-0.25, -0.2) is 0 Å². The van der Waals surface area contributed by atoms with Crippen LogP contribution in [0, 0.1) is 5.92 Å². The highest BCUT2D eigenvalue weighted by molar-refractivity contribution is 6.34. The number of likely N-dealkylation sites (tertiary alicyclic amines) is 1. The molecule has 1 aliphatic rings. The van der Waals surface area contributed by atoms with Crippen LogP contribution in [0.4, 0.5) is 5.69 Å². The predicted octanol–water partition coefficient (Wildman–Crippen LogP) is 1.94. The maximum absolute atomic E-state index is 12.5. The third-order valence-electron chi connectivity index (χ3n) is 3.55. The summed E-state index contributed by atoms with van der Waals surface area (Å²) in [6.45, 7) is 1.08. The minimum Gasteiger partial charge on any atom is -0.399 e. The summed E-state index contributed by atoms with van der Waals surface area (Å²) in [5.41, 5.74) is 6.57. The molecule has 1 saturated heterocycles. The fourth-order valence-electron chi connectivity index (χ4n) is 2.45. The maximum Gasteiger partial charge on any atom is 0.255 e. The number of amides is 2. The zero-order valence-electron chi connectivity index (χ0n) is 11.8. The van der Waals surface area contributed by atoms with E-state index in [4.69, 9.17) is 17.3 Å². The molecule has 0 spiro atoms. The van der Waals surface area contributed by atoms with Crippen molar-refractivity contribution in [3.8, 4) is 0 Å². The maximum atomic E-state index is 12.5. The molecule has 116 valence electrons. The van der Waals surface area contributed by atoms with Crippen molar-refractivity contribution in [1.82, 2.24) is 10.2 Å². The quantitative estimate of drug-likeness (QED) is 0.813. The number of benzene rings is 1. The van der Waals surface area contributed by atoms with E-state index in [1.54, 1.807) is 30.1 Å². The highest BCUT2D eigenvalue weighted by Gasteiger charge is 2.29. The van der Waals surface area contributed by atoms with Crippen molar-refractivity contribution in [2.75, 3.05) is 25.9 Å². The largest absolute Gasteiger partial charge is 0.399 e. The van der Waals surface area contributed by atoms with Crippen LogP contribution in [0.25, 0.3) is 0 Å². The van der Waals surface area contributed by atoms with Crippen molar-refractivity contribution in [1.29, 1.82) is 0 Å². The third kappa shape index (κ3) is 4.02. The molecule has 0 aromatic heterocycles. The van der Waals surface area contributed by atoms with Crippen molar-refractivity contribution < 1.29 is 9.59 Å². The van der Waals surface area contributed by atoms with Crippen LogP contribution in [-0.2, 0) is 4.79 Å². The van der Waals surface area contributed by atoms with Crippen molar-refractivity contribution in [3.63, 3.8) is 0 Å². The number of carbonyl (C=O) groups excluding carboxylic acids is 2. The van der Waals surface area contributed by atoms with Crippen molar-refractivity contribution in [3.05, 3.63) is 28.8 Å². The Labute approximate surface area is 135 Å². The summed E-state index contributed by atoms with van der Waals surface area (Å²) in [7, 11) is 1.61. The minimum atomic E-state index is -0.149. The zero-order chi connectivity index (χ0) is 14.7. The van der Waals surface area contributed by atoms with E-state index in [1.807, 2.05) is 0 Å². The Bertz CT molecular complexity index is 537. The van der Waals surface area contributed by atoms with Crippen LogP contribution in [-0.4, -0.2) is 36.9 Å². The summed E-state index contributed by atoms with van der Waals surface area (Å²) < 4.78 is 0. The number of hydrogen-bond acceptors (Lipinski definition) is 3. The van der Waals surface area contributed by atoms with Crippen LogP contribution < -0.4 is 11.1 Å². The van der Waals surface area contributed by atoms with Gasteiger partial charge >= 0.3 is 0 Å². The number of nitrogens with zero attached hydrogens (tertiary/aromatic N) is 1. The van der Waals surface area contributed by atoms with E-state index in [0.29, 0.717) is 29.4 Å². The van der Waals surface area contributed by atoms with Crippen molar-refractivity contribution >= 4 is 41.5 Å². The number of nitrogens with two attached hydrogens (primary N) is 1. The first kappa shape index (κ1) is 17.6. The van der Waals surface area contributed by atoms with E-state index in [9.17, 15) is 9.59 Å². The average molecular weight is 332 g/mol. The van der Waals surface area contributed by atoms with Crippen LogP contribution in [0.3, 0.4) is 0 Å². The summed E-state index contributed by atoms with van der Waals surface area (Å²) >= 11 is 6.06. The summed E-state index contributed by atoms with van der Waals surface area (Å²) in [5.74, 6) is -0.320. The lowest BCUT2D eigenvalue weighted by Crippen LogP contribution is -2.44. The number of piperidine rings is 1. The summed E-state index contributed by atoms with van der Waals surface area (Å²) in [4.78, 5) is 25.8. The van der Waals surface area contributed by atoms with E-state index >= 15 is 0 Å². The van der Waals surface area contributed by atoms with E-state index in [2.05, 4.69) is 5.32 Å². The molecule has 5 nitrogen and oxygen atoms in total. The van der Waals surface area contributed by atoms with Gasteiger partial charge in [0.15, 0.2) is 0 Å². The third-order valence-corrected chi connectivity index (χ3v) is 3.86. The molecule has 1 aromatic rings.